The molecular formula is C22H18F6N2OS. The second-order valence-corrected chi connectivity index (χ2v) is 9.38. The van der Waals surface area contributed by atoms with Gasteiger partial charge < -0.3 is 9.30 Å². The summed E-state index contributed by atoms with van der Waals surface area (Å²) in [5, 5.41) is 10.1. The highest BCUT2D eigenvalue weighted by atomic mass is 32.2. The van der Waals surface area contributed by atoms with Gasteiger partial charge in [-0.25, -0.2) is 0 Å². The number of rotatable bonds is 3. The number of thioether (sulfide) groups is 1. The van der Waals surface area contributed by atoms with Crippen LogP contribution < -0.4 is 0 Å². The van der Waals surface area contributed by atoms with Gasteiger partial charge in [-0.15, -0.1) is 11.8 Å². The van der Waals surface area contributed by atoms with Crippen LogP contribution in [-0.2, 0) is 11.8 Å². The minimum atomic E-state index is -5.74. The maximum atomic E-state index is 15.3. The number of allylic oxidation sites excluding steroid dienone is 2. The first-order valence-electron chi connectivity index (χ1n) is 9.54. The number of nitrogens with zero attached hydrogens (tertiary/aromatic N) is 2. The van der Waals surface area contributed by atoms with Crippen molar-refractivity contribution in [2.24, 2.45) is 7.05 Å². The van der Waals surface area contributed by atoms with Crippen LogP contribution in [0, 0.1) is 18.3 Å². The van der Waals surface area contributed by atoms with Gasteiger partial charge in [0.15, 0.2) is 4.75 Å². The number of benzene rings is 1. The molecule has 2 unspecified atom stereocenters. The topological polar surface area (TPSA) is 37.9 Å². The van der Waals surface area contributed by atoms with Gasteiger partial charge in [-0.1, -0.05) is 18.2 Å². The predicted octanol–water partition coefficient (Wildman–Crippen LogP) is 6.09. The van der Waals surface area contributed by atoms with Crippen molar-refractivity contribution in [3.05, 3.63) is 52.1 Å². The fourth-order valence-electron chi connectivity index (χ4n) is 4.61. The number of hydrogen-bond acceptors (Lipinski definition) is 3. The van der Waals surface area contributed by atoms with Gasteiger partial charge in [-0.05, 0) is 30.9 Å². The molecule has 170 valence electrons. The van der Waals surface area contributed by atoms with Gasteiger partial charge in [0, 0.05) is 47.5 Å². The largest absolute Gasteiger partial charge is 0.380 e. The molecule has 0 fully saturated rings. The lowest BCUT2D eigenvalue weighted by Gasteiger charge is -2.33. The SMILES string of the molecule is COC1C=C(C)SC1(C#N)C1=C(c2c(C)n(C)c3ccccc23)C(F)(F)C(F)(F)C1(F)F. The Morgan fingerprint density at radius 1 is 1.06 bits per heavy atom. The highest BCUT2D eigenvalue weighted by molar-refractivity contribution is 8.05. The second kappa shape index (κ2) is 6.81. The molecular weight excluding hydrogens is 454 g/mol. The van der Waals surface area contributed by atoms with E-state index in [4.69, 9.17) is 4.74 Å². The summed E-state index contributed by atoms with van der Waals surface area (Å²) in [6.07, 6.45) is -0.118. The molecule has 1 aromatic carbocycles. The van der Waals surface area contributed by atoms with Gasteiger partial charge in [0.1, 0.15) is 6.10 Å². The Bertz CT molecular complexity index is 1240. The van der Waals surface area contributed by atoms with E-state index in [1.165, 1.54) is 43.7 Å². The van der Waals surface area contributed by atoms with Crippen LogP contribution in [0.4, 0.5) is 26.3 Å². The molecule has 4 rings (SSSR count). The van der Waals surface area contributed by atoms with Crippen molar-refractivity contribution in [3.8, 4) is 6.07 Å². The lowest BCUT2D eigenvalue weighted by atomic mass is 9.85. The molecule has 2 aliphatic rings. The van der Waals surface area contributed by atoms with E-state index < -0.39 is 45.3 Å². The molecule has 0 spiro atoms. The molecule has 3 nitrogen and oxygen atoms in total. The number of fused-ring (bicyclic) bond motifs is 1. The smallest absolute Gasteiger partial charge is 0.374 e. The molecule has 2 aromatic rings. The first-order chi connectivity index (χ1) is 14.8. The maximum Gasteiger partial charge on any atom is 0.380 e. The Morgan fingerprint density at radius 2 is 1.69 bits per heavy atom. The van der Waals surface area contributed by atoms with Gasteiger partial charge in [-0.2, -0.15) is 31.6 Å². The molecule has 1 aliphatic carbocycles. The third-order valence-electron chi connectivity index (χ3n) is 6.22. The highest BCUT2D eigenvalue weighted by Crippen LogP contribution is 2.68. The first-order valence-corrected chi connectivity index (χ1v) is 10.4. The quantitative estimate of drug-likeness (QED) is 0.508. The van der Waals surface area contributed by atoms with Crippen LogP contribution in [0.5, 0.6) is 0 Å². The van der Waals surface area contributed by atoms with E-state index in [9.17, 15) is 14.0 Å². The van der Waals surface area contributed by atoms with Crippen LogP contribution in [-0.4, -0.2) is 40.3 Å². The zero-order chi connectivity index (χ0) is 23.9. The molecule has 0 N–H and O–H groups in total. The standard InChI is InChI=1S/C22H18F6N2OS/c1-11-9-15(31-4)19(10-29,32-11)18-17(20(23,24)22(27,28)21(18,25)26)16-12(2)30(3)14-8-6-5-7-13(14)16/h5-9,15H,1-4H3. The summed E-state index contributed by atoms with van der Waals surface area (Å²) < 4.78 is 95.1. The van der Waals surface area contributed by atoms with E-state index in [1.54, 1.807) is 18.2 Å². The Labute approximate surface area is 184 Å². The fourth-order valence-corrected chi connectivity index (χ4v) is 5.97. The molecule has 0 amide bonds. The monoisotopic (exact) mass is 472 g/mol. The maximum absolute atomic E-state index is 15.3. The molecule has 1 aliphatic heterocycles. The molecule has 0 bridgehead atoms. The first kappa shape index (κ1) is 22.8. The van der Waals surface area contributed by atoms with Crippen molar-refractivity contribution in [2.75, 3.05) is 7.11 Å². The Hall–Kier alpha value is -2.38. The van der Waals surface area contributed by atoms with Gasteiger partial charge in [0.2, 0.25) is 0 Å². The second-order valence-electron chi connectivity index (χ2n) is 7.89. The van der Waals surface area contributed by atoms with Gasteiger partial charge >= 0.3 is 17.8 Å². The third-order valence-corrected chi connectivity index (χ3v) is 7.52. The van der Waals surface area contributed by atoms with E-state index in [1.807, 2.05) is 0 Å². The fraction of sp³-hybridized carbons (Fsp3) is 0.409. The molecule has 2 heterocycles. The summed E-state index contributed by atoms with van der Waals surface area (Å²) in [5.74, 6) is -16.3. The number of hydrogen-bond donors (Lipinski definition) is 0. The lowest BCUT2D eigenvalue weighted by Crippen LogP contribution is -2.52. The van der Waals surface area contributed by atoms with Crippen molar-refractivity contribution < 1.29 is 31.1 Å². The number of ether oxygens (including phenoxy) is 1. The molecule has 0 saturated heterocycles. The van der Waals surface area contributed by atoms with Gasteiger partial charge in [0.25, 0.3) is 0 Å². The zero-order valence-corrected chi connectivity index (χ0v) is 18.3. The van der Waals surface area contributed by atoms with Gasteiger partial charge in [-0.3, -0.25) is 0 Å². The Kier molecular flexibility index (Phi) is 4.85. The number of nitriles is 1. The summed E-state index contributed by atoms with van der Waals surface area (Å²) >= 11 is 0.527. The number of aromatic nitrogens is 1. The molecule has 10 heteroatoms. The Balaban J connectivity index is 2.22. The third kappa shape index (κ3) is 2.49. The summed E-state index contributed by atoms with van der Waals surface area (Å²) in [4.78, 5) is 0.328. The Morgan fingerprint density at radius 3 is 2.28 bits per heavy atom. The highest BCUT2D eigenvalue weighted by Gasteiger charge is 2.83. The number of para-hydroxylation sites is 1. The summed E-state index contributed by atoms with van der Waals surface area (Å²) in [5.41, 5.74) is -3.03. The minimum Gasteiger partial charge on any atom is -0.374 e. The van der Waals surface area contributed by atoms with Crippen LogP contribution in [0.2, 0.25) is 0 Å². The normalized spacial score (nSPS) is 28.3. The average Bonchev–Trinajstić information content (AvgIpc) is 3.23. The molecule has 1 aromatic heterocycles. The minimum absolute atomic E-state index is 0.0987. The van der Waals surface area contributed by atoms with Crippen molar-refractivity contribution in [1.82, 2.24) is 4.57 Å². The summed E-state index contributed by atoms with van der Waals surface area (Å²) in [6, 6.07) is 7.73. The van der Waals surface area contributed by atoms with Crippen molar-refractivity contribution in [2.45, 2.75) is 42.5 Å². The lowest BCUT2D eigenvalue weighted by molar-refractivity contribution is -0.261. The molecule has 0 radical (unpaired) electrons. The van der Waals surface area contributed by atoms with Crippen molar-refractivity contribution in [1.29, 1.82) is 5.26 Å². The van der Waals surface area contributed by atoms with Gasteiger partial charge in [0.05, 0.1) is 6.07 Å². The van der Waals surface area contributed by atoms with E-state index in [2.05, 4.69) is 0 Å². The molecule has 32 heavy (non-hydrogen) atoms. The average molecular weight is 472 g/mol. The van der Waals surface area contributed by atoms with E-state index >= 15 is 17.6 Å². The van der Waals surface area contributed by atoms with Crippen LogP contribution in [0.3, 0.4) is 0 Å². The molecule has 0 saturated carbocycles. The van der Waals surface area contributed by atoms with Crippen molar-refractivity contribution in [3.63, 3.8) is 0 Å². The summed E-state index contributed by atoms with van der Waals surface area (Å²) in [7, 11) is 2.64. The zero-order valence-electron chi connectivity index (χ0n) is 17.4. The van der Waals surface area contributed by atoms with Crippen LogP contribution in [0.25, 0.3) is 16.5 Å². The number of methoxy groups -OCH3 is 1. The predicted molar refractivity (Wildman–Crippen MR) is 110 cm³/mol. The summed E-state index contributed by atoms with van der Waals surface area (Å²) in [6.45, 7) is 2.87. The van der Waals surface area contributed by atoms with E-state index in [0.717, 1.165) is 7.11 Å². The van der Waals surface area contributed by atoms with Crippen LogP contribution in [0.15, 0.2) is 40.8 Å². The molecule has 2 atom stereocenters. The van der Waals surface area contributed by atoms with E-state index in [-0.39, 0.29) is 11.1 Å². The number of aryl methyl sites for hydroxylation is 1. The number of halogens is 6. The van der Waals surface area contributed by atoms with E-state index in [0.29, 0.717) is 22.2 Å². The van der Waals surface area contributed by atoms with Crippen molar-refractivity contribution >= 4 is 28.2 Å². The van der Waals surface area contributed by atoms with Crippen LogP contribution >= 0.6 is 11.8 Å². The number of alkyl halides is 6. The van der Waals surface area contributed by atoms with Crippen LogP contribution in [0.1, 0.15) is 18.2 Å².